The lowest BCUT2D eigenvalue weighted by Gasteiger charge is -2.18. The smallest absolute Gasteiger partial charge is 0.136 e. The molecule has 2 aromatic carbocycles. The van der Waals surface area contributed by atoms with Crippen molar-refractivity contribution in [3.8, 4) is 5.75 Å². The van der Waals surface area contributed by atoms with Gasteiger partial charge in [-0.3, -0.25) is 0 Å². The van der Waals surface area contributed by atoms with E-state index in [1.165, 1.54) is 6.07 Å². The molecule has 0 amide bonds. The zero-order chi connectivity index (χ0) is 13.0. The Bertz CT molecular complexity index is 513. The van der Waals surface area contributed by atoms with Crippen molar-refractivity contribution < 1.29 is 9.13 Å². The van der Waals surface area contributed by atoms with E-state index >= 15 is 0 Å². The van der Waals surface area contributed by atoms with E-state index in [1.54, 1.807) is 19.1 Å². The van der Waals surface area contributed by atoms with Crippen LogP contribution in [0.2, 0.25) is 0 Å². The van der Waals surface area contributed by atoms with Crippen molar-refractivity contribution in [2.75, 3.05) is 6.54 Å². The Morgan fingerprint density at radius 3 is 2.50 bits per heavy atom. The maximum absolute atomic E-state index is 13.4. The monoisotopic (exact) mass is 245 g/mol. The van der Waals surface area contributed by atoms with Crippen molar-refractivity contribution in [3.63, 3.8) is 0 Å². The highest BCUT2D eigenvalue weighted by molar-refractivity contribution is 5.29. The fourth-order valence-electron chi connectivity index (χ4n) is 1.73. The highest BCUT2D eigenvalue weighted by Gasteiger charge is 2.11. The summed E-state index contributed by atoms with van der Waals surface area (Å²) in [5.41, 5.74) is 7.29. The Morgan fingerprint density at radius 1 is 1.17 bits per heavy atom. The summed E-state index contributed by atoms with van der Waals surface area (Å²) >= 11 is 0. The van der Waals surface area contributed by atoms with Crippen LogP contribution in [-0.4, -0.2) is 6.54 Å². The number of hydrogen-bond donors (Lipinski definition) is 1. The summed E-state index contributed by atoms with van der Waals surface area (Å²) < 4.78 is 19.1. The second kappa shape index (κ2) is 5.65. The summed E-state index contributed by atoms with van der Waals surface area (Å²) in [5, 5.41) is 0. The number of aryl methyl sites for hydroxylation is 1. The van der Waals surface area contributed by atoms with Crippen LogP contribution < -0.4 is 10.5 Å². The van der Waals surface area contributed by atoms with Gasteiger partial charge in [-0.15, -0.1) is 0 Å². The molecule has 0 aliphatic rings. The summed E-state index contributed by atoms with van der Waals surface area (Å²) in [6.45, 7) is 2.07. The zero-order valence-corrected chi connectivity index (χ0v) is 10.3. The van der Waals surface area contributed by atoms with Crippen molar-refractivity contribution in [2.24, 2.45) is 5.73 Å². The number of ether oxygens (including phenoxy) is 1. The van der Waals surface area contributed by atoms with Crippen LogP contribution in [0.1, 0.15) is 17.2 Å². The molecule has 0 spiro atoms. The average Bonchev–Trinajstić information content (AvgIpc) is 2.41. The van der Waals surface area contributed by atoms with Crippen molar-refractivity contribution in [1.82, 2.24) is 0 Å². The third-order valence-electron chi connectivity index (χ3n) is 2.81. The van der Waals surface area contributed by atoms with Gasteiger partial charge in [0.05, 0.1) is 0 Å². The van der Waals surface area contributed by atoms with E-state index in [0.717, 1.165) is 5.56 Å². The third-order valence-corrected chi connectivity index (χ3v) is 2.81. The largest absolute Gasteiger partial charge is 0.484 e. The number of benzene rings is 2. The Labute approximate surface area is 106 Å². The van der Waals surface area contributed by atoms with Gasteiger partial charge >= 0.3 is 0 Å². The van der Waals surface area contributed by atoms with Crippen LogP contribution in [0, 0.1) is 12.7 Å². The van der Waals surface area contributed by atoms with Crippen LogP contribution in [0.15, 0.2) is 48.5 Å². The first-order valence-electron chi connectivity index (χ1n) is 5.88. The number of halogens is 1. The van der Waals surface area contributed by atoms with Gasteiger partial charge in [0, 0.05) is 12.6 Å². The minimum Gasteiger partial charge on any atom is -0.484 e. The predicted octanol–water partition coefficient (Wildman–Crippen LogP) is 3.21. The van der Waals surface area contributed by atoms with Gasteiger partial charge in [0.2, 0.25) is 0 Å². The minimum absolute atomic E-state index is 0.256. The SMILES string of the molecule is Cc1ccc(OC(CN)c2ccccc2)cc1F. The lowest BCUT2D eigenvalue weighted by Crippen LogP contribution is -2.18. The Kier molecular flexibility index (Phi) is 3.95. The fraction of sp³-hybridized carbons (Fsp3) is 0.200. The van der Waals surface area contributed by atoms with Gasteiger partial charge in [-0.25, -0.2) is 4.39 Å². The third kappa shape index (κ3) is 2.87. The van der Waals surface area contributed by atoms with Crippen molar-refractivity contribution >= 4 is 0 Å². The van der Waals surface area contributed by atoms with Crippen molar-refractivity contribution in [3.05, 3.63) is 65.5 Å². The average molecular weight is 245 g/mol. The van der Waals surface area contributed by atoms with Gasteiger partial charge in [0.15, 0.2) is 0 Å². The van der Waals surface area contributed by atoms with Crippen molar-refractivity contribution in [1.29, 1.82) is 0 Å². The lowest BCUT2D eigenvalue weighted by molar-refractivity contribution is 0.213. The molecule has 18 heavy (non-hydrogen) atoms. The molecule has 0 aromatic heterocycles. The number of rotatable bonds is 4. The van der Waals surface area contributed by atoms with Gasteiger partial charge in [0.1, 0.15) is 17.7 Å². The molecule has 1 unspecified atom stereocenters. The molecule has 0 aliphatic carbocycles. The van der Waals surface area contributed by atoms with Gasteiger partial charge in [-0.05, 0) is 24.1 Å². The van der Waals surface area contributed by atoms with Gasteiger partial charge in [-0.1, -0.05) is 36.4 Å². The lowest BCUT2D eigenvalue weighted by atomic mass is 10.1. The quantitative estimate of drug-likeness (QED) is 0.897. The molecule has 1 atom stereocenters. The van der Waals surface area contributed by atoms with E-state index in [4.69, 9.17) is 10.5 Å². The summed E-state index contributed by atoms with van der Waals surface area (Å²) in [4.78, 5) is 0. The van der Waals surface area contributed by atoms with E-state index in [0.29, 0.717) is 17.9 Å². The summed E-state index contributed by atoms with van der Waals surface area (Å²) in [6, 6.07) is 14.5. The Balaban J connectivity index is 2.18. The molecule has 0 saturated carbocycles. The summed E-state index contributed by atoms with van der Waals surface area (Å²) in [5.74, 6) is 0.230. The molecule has 2 nitrogen and oxygen atoms in total. The van der Waals surface area contributed by atoms with E-state index in [2.05, 4.69) is 0 Å². The molecule has 3 heteroatoms. The second-order valence-electron chi connectivity index (χ2n) is 4.16. The first kappa shape index (κ1) is 12.6. The molecule has 2 rings (SSSR count). The molecule has 0 aliphatic heterocycles. The second-order valence-corrected chi connectivity index (χ2v) is 4.16. The molecule has 2 N–H and O–H groups in total. The fourth-order valence-corrected chi connectivity index (χ4v) is 1.73. The normalized spacial score (nSPS) is 12.2. The summed E-state index contributed by atoms with van der Waals surface area (Å²) in [6.07, 6.45) is -0.256. The zero-order valence-electron chi connectivity index (χ0n) is 10.3. The number of nitrogens with two attached hydrogens (primary N) is 1. The van der Waals surface area contributed by atoms with E-state index in [-0.39, 0.29) is 11.9 Å². The minimum atomic E-state index is -0.267. The molecular formula is C15H16FNO. The van der Waals surface area contributed by atoms with Crippen LogP contribution in [0.25, 0.3) is 0 Å². The topological polar surface area (TPSA) is 35.2 Å². The molecular weight excluding hydrogens is 229 g/mol. The maximum Gasteiger partial charge on any atom is 0.136 e. The molecule has 2 aromatic rings. The Hall–Kier alpha value is -1.87. The molecule has 0 heterocycles. The van der Waals surface area contributed by atoms with Gasteiger partial charge in [0.25, 0.3) is 0 Å². The standard InChI is InChI=1S/C15H16FNO/c1-11-7-8-13(9-14(11)16)18-15(10-17)12-5-3-2-4-6-12/h2-9,15H,10,17H2,1H3. The predicted molar refractivity (Wildman–Crippen MR) is 70.0 cm³/mol. The molecule has 94 valence electrons. The van der Waals surface area contributed by atoms with Gasteiger partial charge < -0.3 is 10.5 Å². The van der Waals surface area contributed by atoms with E-state index in [9.17, 15) is 4.39 Å². The first-order chi connectivity index (χ1) is 8.70. The van der Waals surface area contributed by atoms with Crippen LogP contribution in [-0.2, 0) is 0 Å². The number of hydrogen-bond acceptors (Lipinski definition) is 2. The van der Waals surface area contributed by atoms with Gasteiger partial charge in [-0.2, -0.15) is 0 Å². The van der Waals surface area contributed by atoms with Crippen LogP contribution in [0.3, 0.4) is 0 Å². The van der Waals surface area contributed by atoms with Crippen LogP contribution >= 0.6 is 0 Å². The molecule has 0 radical (unpaired) electrons. The van der Waals surface area contributed by atoms with Crippen LogP contribution in [0.5, 0.6) is 5.75 Å². The first-order valence-corrected chi connectivity index (χ1v) is 5.88. The Morgan fingerprint density at radius 2 is 1.89 bits per heavy atom. The summed E-state index contributed by atoms with van der Waals surface area (Å²) in [7, 11) is 0. The van der Waals surface area contributed by atoms with E-state index < -0.39 is 0 Å². The maximum atomic E-state index is 13.4. The highest BCUT2D eigenvalue weighted by atomic mass is 19.1. The molecule has 0 bridgehead atoms. The molecule has 0 saturated heterocycles. The van der Waals surface area contributed by atoms with Crippen LogP contribution in [0.4, 0.5) is 4.39 Å². The highest BCUT2D eigenvalue weighted by Crippen LogP contribution is 2.23. The molecule has 0 fully saturated rings. The van der Waals surface area contributed by atoms with E-state index in [1.807, 2.05) is 30.3 Å². The van der Waals surface area contributed by atoms with Crippen molar-refractivity contribution in [2.45, 2.75) is 13.0 Å².